The number of rotatable bonds is 5. The van der Waals surface area contributed by atoms with Crippen LogP contribution in [0.3, 0.4) is 0 Å². The number of carbonyl (C=O) groups excluding carboxylic acids is 1. The smallest absolute Gasteiger partial charge is 0.241 e. The van der Waals surface area contributed by atoms with E-state index in [2.05, 4.69) is 27.2 Å². The van der Waals surface area contributed by atoms with Crippen LogP contribution in [0.4, 0.5) is 5.69 Å². The Labute approximate surface area is 170 Å². The highest BCUT2D eigenvalue weighted by Gasteiger charge is 2.26. The lowest BCUT2D eigenvalue weighted by Crippen LogP contribution is -2.52. The van der Waals surface area contributed by atoms with Gasteiger partial charge in [-0.3, -0.25) is 14.6 Å². The summed E-state index contributed by atoms with van der Waals surface area (Å²) in [6.07, 6.45) is 0. The van der Waals surface area contributed by atoms with Gasteiger partial charge in [0, 0.05) is 49.5 Å². The maximum atomic E-state index is 12.7. The number of ether oxygens (including phenoxy) is 2. The third-order valence-electron chi connectivity index (χ3n) is 5.29. The highest BCUT2D eigenvalue weighted by atomic mass is 35.5. The van der Waals surface area contributed by atoms with Crippen LogP contribution in [0.15, 0.2) is 42.5 Å². The maximum absolute atomic E-state index is 12.7. The van der Waals surface area contributed by atoms with E-state index in [1.807, 2.05) is 31.2 Å². The van der Waals surface area contributed by atoms with E-state index in [1.165, 1.54) is 5.56 Å². The minimum Gasteiger partial charge on any atom is -0.454 e. The van der Waals surface area contributed by atoms with E-state index in [1.54, 1.807) is 6.07 Å². The fraction of sp³-hybridized carbons (Fsp3) is 0.381. The molecule has 1 saturated heterocycles. The fourth-order valence-electron chi connectivity index (χ4n) is 3.54. The number of halogens is 1. The second-order valence-corrected chi connectivity index (χ2v) is 7.61. The second-order valence-electron chi connectivity index (χ2n) is 7.17. The molecular weight excluding hydrogens is 378 g/mol. The van der Waals surface area contributed by atoms with E-state index < -0.39 is 0 Å². The van der Waals surface area contributed by atoms with E-state index in [4.69, 9.17) is 21.1 Å². The van der Waals surface area contributed by atoms with Gasteiger partial charge in [0.25, 0.3) is 0 Å². The lowest BCUT2D eigenvalue weighted by Gasteiger charge is -2.37. The first-order valence-electron chi connectivity index (χ1n) is 9.50. The van der Waals surface area contributed by atoms with Crippen LogP contribution in [0.25, 0.3) is 0 Å². The molecule has 1 amide bonds. The molecule has 0 aromatic heterocycles. The topological polar surface area (TPSA) is 54.0 Å². The predicted octanol–water partition coefficient (Wildman–Crippen LogP) is 3.21. The van der Waals surface area contributed by atoms with Gasteiger partial charge in [0.2, 0.25) is 12.7 Å². The Bertz CT molecular complexity index is 835. The normalized spacial score (nSPS) is 18.1. The van der Waals surface area contributed by atoms with E-state index in [9.17, 15) is 4.79 Å². The van der Waals surface area contributed by atoms with E-state index in [0.29, 0.717) is 11.5 Å². The summed E-state index contributed by atoms with van der Waals surface area (Å²) in [7, 11) is 0. The van der Waals surface area contributed by atoms with Crippen molar-refractivity contribution in [3.63, 3.8) is 0 Å². The number of nitrogens with zero attached hydrogens (tertiary/aromatic N) is 2. The van der Waals surface area contributed by atoms with Crippen LogP contribution in [0.5, 0.6) is 11.5 Å². The number of hydrogen-bond donors (Lipinski definition) is 1. The zero-order valence-electron chi connectivity index (χ0n) is 15.9. The molecule has 2 aliphatic rings. The van der Waals surface area contributed by atoms with Crippen LogP contribution in [0.1, 0.15) is 12.5 Å². The Morgan fingerprint density at radius 1 is 1.07 bits per heavy atom. The van der Waals surface area contributed by atoms with E-state index >= 15 is 0 Å². The average molecular weight is 402 g/mol. The molecule has 0 unspecified atom stereocenters. The summed E-state index contributed by atoms with van der Waals surface area (Å²) in [5, 5.41) is 3.74. The van der Waals surface area contributed by atoms with Crippen molar-refractivity contribution in [1.29, 1.82) is 0 Å². The van der Waals surface area contributed by atoms with Gasteiger partial charge in [-0.25, -0.2) is 0 Å². The zero-order chi connectivity index (χ0) is 19.5. The number of piperazine rings is 1. The molecule has 2 aliphatic heterocycles. The van der Waals surface area contributed by atoms with Crippen LogP contribution < -0.4 is 14.8 Å². The monoisotopic (exact) mass is 401 g/mol. The Kier molecular flexibility index (Phi) is 5.71. The van der Waals surface area contributed by atoms with E-state index in [0.717, 1.165) is 43.4 Å². The molecule has 2 aromatic rings. The standard InChI is InChI=1S/C21H24ClN3O3/c1-15(21(26)23-18-6-7-19-20(12-18)28-14-27-19)25-10-8-24(9-11-25)13-16-2-4-17(22)5-3-16/h2-7,12,15H,8-11,13-14H2,1H3,(H,23,26)/t15-/m0/s1. The lowest BCUT2D eigenvalue weighted by atomic mass is 10.1. The van der Waals surface area contributed by atoms with Gasteiger partial charge in [0.05, 0.1) is 6.04 Å². The SMILES string of the molecule is C[C@@H](C(=O)Nc1ccc2c(c1)OCO2)N1CCN(Cc2ccc(Cl)cc2)CC1. The van der Waals surface area contributed by atoms with Gasteiger partial charge in [-0.05, 0) is 36.8 Å². The van der Waals surface area contributed by atoms with Gasteiger partial charge >= 0.3 is 0 Å². The first-order valence-corrected chi connectivity index (χ1v) is 9.87. The Hall–Kier alpha value is -2.28. The molecule has 1 atom stereocenters. The Morgan fingerprint density at radius 3 is 2.54 bits per heavy atom. The summed E-state index contributed by atoms with van der Waals surface area (Å²) in [6.45, 7) is 6.69. The first-order chi connectivity index (χ1) is 13.6. The molecule has 2 aromatic carbocycles. The third kappa shape index (κ3) is 4.41. The van der Waals surface area contributed by atoms with Gasteiger partial charge in [-0.15, -0.1) is 0 Å². The number of benzene rings is 2. The molecule has 0 spiro atoms. The maximum Gasteiger partial charge on any atom is 0.241 e. The fourth-order valence-corrected chi connectivity index (χ4v) is 3.67. The lowest BCUT2D eigenvalue weighted by molar-refractivity contribution is -0.121. The minimum atomic E-state index is -0.192. The zero-order valence-corrected chi connectivity index (χ0v) is 16.6. The molecular formula is C21H24ClN3O3. The molecule has 1 N–H and O–H groups in total. The summed E-state index contributed by atoms with van der Waals surface area (Å²) in [5.74, 6) is 1.37. The van der Waals surface area contributed by atoms with Gasteiger partial charge in [0.1, 0.15) is 0 Å². The molecule has 148 valence electrons. The largest absolute Gasteiger partial charge is 0.454 e. The Morgan fingerprint density at radius 2 is 1.79 bits per heavy atom. The molecule has 4 rings (SSSR count). The number of nitrogens with one attached hydrogen (secondary N) is 1. The summed E-state index contributed by atoms with van der Waals surface area (Å²) in [5.41, 5.74) is 1.98. The summed E-state index contributed by atoms with van der Waals surface area (Å²) >= 11 is 5.95. The van der Waals surface area contributed by atoms with Gasteiger partial charge in [-0.1, -0.05) is 23.7 Å². The van der Waals surface area contributed by atoms with Crippen molar-refractivity contribution in [3.8, 4) is 11.5 Å². The molecule has 1 fully saturated rings. The number of carbonyl (C=O) groups is 1. The van der Waals surface area contributed by atoms with Crippen LogP contribution in [-0.4, -0.2) is 54.7 Å². The van der Waals surface area contributed by atoms with Gasteiger partial charge < -0.3 is 14.8 Å². The van der Waals surface area contributed by atoms with Crippen LogP contribution in [0.2, 0.25) is 5.02 Å². The van der Waals surface area contributed by atoms with Crippen molar-refractivity contribution in [2.45, 2.75) is 19.5 Å². The molecule has 2 heterocycles. The summed E-state index contributed by atoms with van der Waals surface area (Å²) < 4.78 is 10.7. The van der Waals surface area contributed by atoms with Crippen molar-refractivity contribution >= 4 is 23.2 Å². The second kappa shape index (κ2) is 8.39. The minimum absolute atomic E-state index is 0.00924. The quantitative estimate of drug-likeness (QED) is 0.833. The third-order valence-corrected chi connectivity index (χ3v) is 5.55. The molecule has 28 heavy (non-hydrogen) atoms. The van der Waals surface area contributed by atoms with Gasteiger partial charge in [0.15, 0.2) is 11.5 Å². The number of anilines is 1. The van der Waals surface area contributed by atoms with Crippen molar-refractivity contribution < 1.29 is 14.3 Å². The molecule has 0 saturated carbocycles. The molecule has 6 nitrogen and oxygen atoms in total. The molecule has 0 bridgehead atoms. The Balaban J connectivity index is 1.27. The highest BCUT2D eigenvalue weighted by molar-refractivity contribution is 6.30. The molecule has 0 aliphatic carbocycles. The predicted molar refractivity (Wildman–Crippen MR) is 109 cm³/mol. The average Bonchev–Trinajstić information content (AvgIpc) is 3.17. The summed E-state index contributed by atoms with van der Waals surface area (Å²) in [6, 6.07) is 13.2. The molecule has 7 heteroatoms. The van der Waals surface area contributed by atoms with Crippen molar-refractivity contribution in [3.05, 3.63) is 53.1 Å². The molecule has 0 radical (unpaired) electrons. The first kappa shape index (κ1) is 19.1. The van der Waals surface area contributed by atoms with Crippen molar-refractivity contribution in [1.82, 2.24) is 9.80 Å². The van der Waals surface area contributed by atoms with Crippen LogP contribution in [0, 0.1) is 0 Å². The van der Waals surface area contributed by atoms with Gasteiger partial charge in [-0.2, -0.15) is 0 Å². The van der Waals surface area contributed by atoms with Crippen LogP contribution >= 0.6 is 11.6 Å². The number of hydrogen-bond acceptors (Lipinski definition) is 5. The van der Waals surface area contributed by atoms with Crippen molar-refractivity contribution in [2.75, 3.05) is 38.3 Å². The highest BCUT2D eigenvalue weighted by Crippen LogP contribution is 2.34. The van der Waals surface area contributed by atoms with E-state index in [-0.39, 0.29) is 18.7 Å². The summed E-state index contributed by atoms with van der Waals surface area (Å²) in [4.78, 5) is 17.3. The van der Waals surface area contributed by atoms with Crippen LogP contribution in [-0.2, 0) is 11.3 Å². The van der Waals surface area contributed by atoms with Crippen molar-refractivity contribution in [2.24, 2.45) is 0 Å². The number of amides is 1. The number of fused-ring (bicyclic) bond motifs is 1.